The van der Waals surface area contributed by atoms with Gasteiger partial charge < -0.3 is 44.6 Å². The highest BCUT2D eigenvalue weighted by atomic mass is 32.1. The molecule has 1 unspecified atom stereocenters. The van der Waals surface area contributed by atoms with Gasteiger partial charge in [-0.1, -0.05) is 47.6 Å². The molecule has 2 aromatic carbocycles. The molecule has 0 bridgehead atoms. The van der Waals surface area contributed by atoms with E-state index in [-0.39, 0.29) is 41.1 Å². The van der Waals surface area contributed by atoms with Gasteiger partial charge in [0.15, 0.2) is 0 Å². The molecule has 10 rings (SSSR count). The van der Waals surface area contributed by atoms with Crippen molar-refractivity contribution in [3.63, 3.8) is 0 Å². The number of fused-ring (bicyclic) bond motifs is 6. The lowest BCUT2D eigenvalue weighted by Gasteiger charge is -2.30. The van der Waals surface area contributed by atoms with Crippen LogP contribution < -0.4 is 15.4 Å². The summed E-state index contributed by atoms with van der Waals surface area (Å²) in [5, 5.41) is 6.30. The summed E-state index contributed by atoms with van der Waals surface area (Å²) in [7, 11) is 2.55. The Morgan fingerprint density at radius 1 is 0.814 bits per heavy atom. The van der Waals surface area contributed by atoms with E-state index in [2.05, 4.69) is 51.1 Å². The van der Waals surface area contributed by atoms with E-state index < -0.39 is 36.3 Å². The van der Waals surface area contributed by atoms with E-state index in [4.69, 9.17) is 24.2 Å². The zero-order valence-corrected chi connectivity index (χ0v) is 41.6. The first-order chi connectivity index (χ1) is 33.5. The first-order valence-corrected chi connectivity index (χ1v) is 25.1. The second kappa shape index (κ2) is 18.2. The van der Waals surface area contributed by atoms with E-state index in [0.717, 1.165) is 59.1 Å². The van der Waals surface area contributed by atoms with Crippen LogP contribution in [0.4, 0.5) is 14.0 Å². The highest BCUT2D eigenvalue weighted by Crippen LogP contribution is 2.51. The molecule has 0 spiro atoms. The molecular formula is C52H60FN9O7S. The predicted octanol–water partition coefficient (Wildman–Crippen LogP) is 9.54. The van der Waals surface area contributed by atoms with Gasteiger partial charge >= 0.3 is 12.2 Å². The molecule has 3 aliphatic heterocycles. The van der Waals surface area contributed by atoms with Gasteiger partial charge in [-0.15, -0.1) is 11.3 Å². The number of likely N-dealkylation sites (tertiary alicyclic amines) is 2. The molecule has 0 radical (unpaired) electrons. The molecule has 0 saturated carbocycles. The average molecular weight is 974 g/mol. The molecule has 5 atom stereocenters. The van der Waals surface area contributed by atoms with E-state index in [1.807, 2.05) is 52.0 Å². The van der Waals surface area contributed by atoms with Crippen molar-refractivity contribution >= 4 is 46.2 Å². The van der Waals surface area contributed by atoms with Gasteiger partial charge in [0.1, 0.15) is 35.3 Å². The van der Waals surface area contributed by atoms with Crippen molar-refractivity contribution in [2.75, 3.05) is 27.3 Å². The maximum Gasteiger partial charge on any atom is 0.407 e. The number of nitrogens with one attached hydrogen (secondary N) is 4. The third-order valence-electron chi connectivity index (χ3n) is 14.6. The summed E-state index contributed by atoms with van der Waals surface area (Å²) in [5.74, 6) is 0.476. The number of halogens is 1. The molecule has 6 aromatic rings. The zero-order valence-electron chi connectivity index (χ0n) is 40.8. The number of carbonyl (C=O) groups excluding carboxylic acids is 4. The van der Waals surface area contributed by atoms with Crippen molar-refractivity contribution in [3.05, 3.63) is 87.6 Å². The number of rotatable bonds is 11. The van der Waals surface area contributed by atoms with E-state index in [1.54, 1.807) is 33.5 Å². The first-order valence-electron chi connectivity index (χ1n) is 24.2. The number of alkyl carbamates (subject to hydrolysis) is 2. The molecular weight excluding hydrogens is 914 g/mol. The monoisotopic (exact) mass is 973 g/mol. The van der Waals surface area contributed by atoms with Crippen LogP contribution >= 0.6 is 11.3 Å². The molecule has 70 heavy (non-hydrogen) atoms. The second-order valence-electron chi connectivity index (χ2n) is 20.3. The van der Waals surface area contributed by atoms with E-state index in [9.17, 15) is 19.2 Å². The normalized spacial score (nSPS) is 20.0. The Kier molecular flexibility index (Phi) is 12.3. The molecule has 18 heteroatoms. The lowest BCUT2D eigenvalue weighted by Crippen LogP contribution is -2.51. The number of benzene rings is 2. The summed E-state index contributed by atoms with van der Waals surface area (Å²) < 4.78 is 35.7. The van der Waals surface area contributed by atoms with Crippen molar-refractivity contribution in [3.8, 4) is 39.5 Å². The smallest absolute Gasteiger partial charge is 0.407 e. The van der Waals surface area contributed by atoms with Crippen LogP contribution in [-0.2, 0) is 30.9 Å². The number of aromatic amines is 2. The maximum absolute atomic E-state index is 17.0. The number of thiophene rings is 1. The quantitative estimate of drug-likeness (QED) is 0.0980. The minimum atomic E-state index is -0.770. The van der Waals surface area contributed by atoms with Crippen molar-refractivity contribution in [2.45, 2.75) is 116 Å². The van der Waals surface area contributed by atoms with Gasteiger partial charge in [-0.3, -0.25) is 14.2 Å². The molecule has 2 saturated heterocycles. The predicted molar refractivity (Wildman–Crippen MR) is 263 cm³/mol. The van der Waals surface area contributed by atoms with Gasteiger partial charge in [0.25, 0.3) is 0 Å². The number of H-pyrrole nitrogens is 2. The standard InChI is InChI=1S/C52H60FN9O7S/c1-26(2)42(58-50(65)67-7)47(63)60-17-9-11-36(60)45-54-24-33(56-45)28-13-14-35-31(19-28)21-38-41-32(53)20-30(22-39(41)69-49(62(35)38)40-23-29-15-16-52(5,6)44(29)70-40)34-25-55-46(57-34)37-12-10-18-61(37)48(64)43(27(3)4)59-51(66)68-8/h13-14,19-27,36-37,42-43,49H,9-12,15-18H2,1-8H3,(H,54,56)(H,55,57)(H,58,65)(H,59,66)/t36-,37-,42-,43-,49?/m0/s1. The van der Waals surface area contributed by atoms with E-state index in [1.165, 1.54) is 30.7 Å². The number of aromatic nitrogens is 5. The van der Waals surface area contributed by atoms with Crippen molar-refractivity contribution in [1.29, 1.82) is 0 Å². The van der Waals surface area contributed by atoms with E-state index >= 15 is 4.39 Å². The minimum Gasteiger partial charge on any atom is -0.464 e. The number of imidazole rings is 2. The molecule has 1 aliphatic carbocycles. The van der Waals surface area contributed by atoms with Crippen LogP contribution in [0.1, 0.15) is 119 Å². The summed E-state index contributed by atoms with van der Waals surface area (Å²) >= 11 is 1.76. The Morgan fingerprint density at radius 2 is 1.40 bits per heavy atom. The Balaban J connectivity index is 0.982. The van der Waals surface area contributed by atoms with Crippen LogP contribution in [0.15, 0.2) is 54.9 Å². The zero-order chi connectivity index (χ0) is 49.3. The summed E-state index contributed by atoms with van der Waals surface area (Å²) in [6, 6.07) is 11.6. The molecule has 4 amide bonds. The number of hydrogen-bond donors (Lipinski definition) is 4. The summed E-state index contributed by atoms with van der Waals surface area (Å²) in [4.78, 5) is 74.3. The SMILES string of the molecule is COC(=O)N[C@H](C(=O)N1CCC[C@H]1c1ncc(-c2cc(F)c3c(c2)OC(c2cc4c(s2)C(C)(C)CC4)n2c-3cc3cc(-c4cnc([C@@H]5CCCN5C(=O)[C@@H](NC(=O)OC)C(C)C)[nH]4)ccc32)[nH]1)C(C)C. The van der Waals surface area contributed by atoms with Crippen LogP contribution in [0.5, 0.6) is 5.75 Å². The Labute approximate surface area is 409 Å². The third kappa shape index (κ3) is 8.26. The molecule has 16 nitrogen and oxygen atoms in total. The molecule has 7 heterocycles. The third-order valence-corrected chi connectivity index (χ3v) is 16.2. The highest BCUT2D eigenvalue weighted by Gasteiger charge is 2.41. The van der Waals surface area contributed by atoms with Gasteiger partial charge in [0.2, 0.25) is 18.0 Å². The van der Waals surface area contributed by atoms with Gasteiger partial charge in [0.05, 0.1) is 71.7 Å². The highest BCUT2D eigenvalue weighted by molar-refractivity contribution is 7.12. The summed E-state index contributed by atoms with van der Waals surface area (Å²) in [5.41, 5.74) is 6.06. The average Bonchev–Trinajstić information content (AvgIpc) is 4.20. The molecule has 2 fully saturated rings. The second-order valence-corrected chi connectivity index (χ2v) is 21.4. The topological polar surface area (TPSA) is 189 Å². The van der Waals surface area contributed by atoms with Crippen LogP contribution in [0, 0.1) is 17.7 Å². The fourth-order valence-electron chi connectivity index (χ4n) is 10.9. The Morgan fingerprint density at radius 3 is 1.96 bits per heavy atom. The summed E-state index contributed by atoms with van der Waals surface area (Å²) in [6.07, 6.45) is 6.58. The van der Waals surface area contributed by atoms with Crippen LogP contribution in [0.3, 0.4) is 0 Å². The number of aryl methyl sites for hydroxylation is 1. The van der Waals surface area contributed by atoms with Gasteiger partial charge in [-0.25, -0.2) is 23.9 Å². The number of carbonyl (C=O) groups is 4. The van der Waals surface area contributed by atoms with Crippen LogP contribution in [0.2, 0.25) is 0 Å². The van der Waals surface area contributed by atoms with E-state index in [0.29, 0.717) is 59.4 Å². The fraction of sp³-hybridized carbons (Fsp3) is 0.462. The number of methoxy groups -OCH3 is 2. The molecule has 4 aliphatic rings. The Hall–Kier alpha value is -6.69. The van der Waals surface area contributed by atoms with Crippen molar-refractivity contribution < 1.29 is 37.8 Å². The van der Waals surface area contributed by atoms with Gasteiger partial charge in [-0.2, -0.15) is 0 Å². The van der Waals surface area contributed by atoms with Crippen molar-refractivity contribution in [2.24, 2.45) is 11.8 Å². The Bertz CT molecular complexity index is 3020. The largest absolute Gasteiger partial charge is 0.464 e. The number of hydrogen-bond acceptors (Lipinski definition) is 10. The van der Waals surface area contributed by atoms with Crippen LogP contribution in [-0.4, -0.2) is 97.7 Å². The molecule has 4 aromatic heterocycles. The summed E-state index contributed by atoms with van der Waals surface area (Å²) in [6.45, 7) is 13.2. The minimum absolute atomic E-state index is 0.0355. The van der Waals surface area contributed by atoms with Crippen molar-refractivity contribution in [1.82, 2.24) is 44.9 Å². The van der Waals surface area contributed by atoms with Gasteiger partial charge in [-0.05, 0) is 97.7 Å². The lowest BCUT2D eigenvalue weighted by molar-refractivity contribution is -0.136. The lowest BCUT2D eigenvalue weighted by atomic mass is 9.93. The number of ether oxygens (including phenoxy) is 3. The van der Waals surface area contributed by atoms with Gasteiger partial charge in [0, 0.05) is 34.5 Å². The first kappa shape index (κ1) is 47.0. The number of nitrogens with zero attached hydrogens (tertiary/aromatic N) is 5. The number of amides is 4. The molecule has 4 N–H and O–H groups in total. The molecule has 368 valence electrons. The maximum atomic E-state index is 17.0. The fourth-order valence-corrected chi connectivity index (χ4v) is 12.2. The van der Waals surface area contributed by atoms with Crippen LogP contribution in [0.25, 0.3) is 44.7 Å².